The molecule has 3 amide bonds. The maximum absolute atomic E-state index is 13.0. The van der Waals surface area contributed by atoms with Gasteiger partial charge in [0.1, 0.15) is 0 Å². The summed E-state index contributed by atoms with van der Waals surface area (Å²) < 4.78 is 38.1. The summed E-state index contributed by atoms with van der Waals surface area (Å²) in [6.45, 7) is 4.05. The molecule has 5 nitrogen and oxygen atoms in total. The Morgan fingerprint density at radius 1 is 0.931 bits per heavy atom. The van der Waals surface area contributed by atoms with Crippen LogP contribution in [0.15, 0.2) is 35.4 Å². The smallest absolute Gasteiger partial charge is 0.272 e. The molecule has 1 saturated heterocycles. The molecule has 1 aromatic carbocycles. The number of hydrogen-bond acceptors (Lipinski definition) is 3. The average Bonchev–Trinajstić information content (AvgIpc) is 3.43. The van der Waals surface area contributed by atoms with Gasteiger partial charge < -0.3 is 0 Å². The van der Waals surface area contributed by atoms with Gasteiger partial charge in [-0.2, -0.15) is 18.2 Å². The number of benzene rings is 1. The van der Waals surface area contributed by atoms with E-state index >= 15 is 0 Å². The summed E-state index contributed by atoms with van der Waals surface area (Å²) >= 11 is 0. The van der Waals surface area contributed by atoms with Crippen LogP contribution in [0.4, 0.5) is 13.2 Å². The highest BCUT2D eigenvalue weighted by Gasteiger charge is 2.69. The Labute approximate surface area is 164 Å². The lowest BCUT2D eigenvalue weighted by Crippen LogP contribution is -2.47. The number of halogens is 3. The first kappa shape index (κ1) is 18.4. The third-order valence-electron chi connectivity index (χ3n) is 7.30. The number of carbonyl (C=O) groups is 3. The zero-order valence-corrected chi connectivity index (χ0v) is 15.8. The van der Waals surface area contributed by atoms with Gasteiger partial charge in [-0.25, -0.2) is 0 Å². The molecule has 2 bridgehead atoms. The molecule has 0 aromatic heterocycles. The lowest BCUT2D eigenvalue weighted by atomic mass is 9.57. The zero-order chi connectivity index (χ0) is 20.8. The number of hydrogen-bond donors (Lipinski definition) is 1. The number of nitrogens with one attached hydrogen (secondary N) is 1. The first-order valence-corrected chi connectivity index (χ1v) is 9.64. The van der Waals surface area contributed by atoms with Gasteiger partial charge in [-0.1, -0.05) is 11.1 Å². The van der Waals surface area contributed by atoms with Crippen LogP contribution in [0.5, 0.6) is 0 Å². The summed E-state index contributed by atoms with van der Waals surface area (Å²) in [6.07, 6.45) is -3.47. The fraction of sp³-hybridized carbons (Fsp3) is 0.476. The standard InChI is InChI=1S/C21H19F3N2O3/c1-8-9(2)15-13-7-12(13)14(8)16-17(15)20(29)26(19(16)28)25-18(27)10-3-5-11(6-4-10)21(22,23)24/h3-6,12-17H,7H2,1-2H3,(H,25,27). The molecular formula is C21H19F3N2O3. The highest BCUT2D eigenvalue weighted by atomic mass is 19.4. The van der Waals surface area contributed by atoms with Gasteiger partial charge in [0.05, 0.1) is 17.4 Å². The molecule has 2 saturated carbocycles. The van der Waals surface area contributed by atoms with Crippen molar-refractivity contribution < 1.29 is 27.6 Å². The molecule has 4 aliphatic carbocycles. The predicted molar refractivity (Wildman–Crippen MR) is 94.7 cm³/mol. The van der Waals surface area contributed by atoms with Gasteiger partial charge in [0.2, 0.25) is 0 Å². The van der Waals surface area contributed by atoms with E-state index in [2.05, 4.69) is 5.43 Å². The van der Waals surface area contributed by atoms with Crippen LogP contribution < -0.4 is 5.43 Å². The van der Waals surface area contributed by atoms with E-state index < -0.39 is 41.3 Å². The van der Waals surface area contributed by atoms with Gasteiger partial charge >= 0.3 is 6.18 Å². The third kappa shape index (κ3) is 2.44. The highest BCUT2D eigenvalue weighted by molar-refractivity contribution is 6.08. The van der Waals surface area contributed by atoms with E-state index in [1.807, 2.05) is 13.8 Å². The molecule has 3 fully saturated rings. The fourth-order valence-electron chi connectivity index (χ4n) is 5.86. The van der Waals surface area contributed by atoms with E-state index in [0.717, 1.165) is 35.7 Å². The van der Waals surface area contributed by atoms with Crippen molar-refractivity contribution in [3.8, 4) is 0 Å². The molecule has 152 valence electrons. The maximum Gasteiger partial charge on any atom is 0.416 e. The van der Waals surface area contributed by atoms with E-state index in [4.69, 9.17) is 0 Å². The Morgan fingerprint density at radius 3 is 1.86 bits per heavy atom. The second kappa shape index (κ2) is 5.70. The number of imide groups is 1. The number of rotatable bonds is 2. The van der Waals surface area contributed by atoms with Crippen molar-refractivity contribution in [1.29, 1.82) is 0 Å². The number of carbonyl (C=O) groups excluding carboxylic acids is 3. The van der Waals surface area contributed by atoms with Gasteiger partial charge in [-0.3, -0.25) is 19.8 Å². The summed E-state index contributed by atoms with van der Waals surface area (Å²) in [6, 6.07) is 3.66. The van der Waals surface area contributed by atoms with Crippen molar-refractivity contribution in [2.24, 2.45) is 35.5 Å². The molecule has 6 unspecified atom stereocenters. The molecule has 5 aliphatic rings. The van der Waals surface area contributed by atoms with Gasteiger partial charge in [-0.05, 0) is 68.2 Å². The Bertz CT molecular complexity index is 940. The quantitative estimate of drug-likeness (QED) is 0.608. The number of allylic oxidation sites excluding steroid dienone is 2. The van der Waals surface area contributed by atoms with Gasteiger partial charge in [-0.15, -0.1) is 0 Å². The minimum Gasteiger partial charge on any atom is -0.272 e. The minimum atomic E-state index is -4.51. The first-order chi connectivity index (χ1) is 13.6. The molecule has 1 aliphatic heterocycles. The van der Waals surface area contributed by atoms with Crippen molar-refractivity contribution in [2.45, 2.75) is 26.4 Å². The van der Waals surface area contributed by atoms with Crippen LogP contribution in [0.1, 0.15) is 36.2 Å². The molecule has 6 rings (SSSR count). The Morgan fingerprint density at radius 2 is 1.41 bits per heavy atom. The SMILES string of the molecule is CC1=C(C)C2C3CC3C1C1C(=O)N(NC(=O)c3ccc(C(F)(F)F)cc3)C(=O)C21. The average molecular weight is 404 g/mol. The van der Waals surface area contributed by atoms with Crippen molar-refractivity contribution >= 4 is 17.7 Å². The zero-order valence-electron chi connectivity index (χ0n) is 15.8. The van der Waals surface area contributed by atoms with E-state index in [1.54, 1.807) is 0 Å². The molecule has 6 atom stereocenters. The Balaban J connectivity index is 1.38. The fourth-order valence-corrected chi connectivity index (χ4v) is 5.86. The largest absolute Gasteiger partial charge is 0.416 e. The van der Waals surface area contributed by atoms with E-state index in [9.17, 15) is 27.6 Å². The molecule has 1 heterocycles. The molecule has 8 heteroatoms. The minimum absolute atomic E-state index is 0.0411. The van der Waals surface area contributed by atoms with Crippen molar-refractivity contribution in [3.63, 3.8) is 0 Å². The summed E-state index contributed by atoms with van der Waals surface area (Å²) in [7, 11) is 0. The number of hydrazine groups is 1. The molecular weight excluding hydrogens is 385 g/mol. The normalized spacial score (nSPS) is 35.0. The molecule has 0 spiro atoms. The van der Waals surface area contributed by atoms with Crippen LogP contribution in [-0.4, -0.2) is 22.7 Å². The van der Waals surface area contributed by atoms with Gasteiger partial charge in [0, 0.05) is 5.56 Å². The molecule has 29 heavy (non-hydrogen) atoms. The topological polar surface area (TPSA) is 66.5 Å². The van der Waals surface area contributed by atoms with Crippen molar-refractivity contribution in [1.82, 2.24) is 10.4 Å². The number of nitrogens with zero attached hydrogens (tertiary/aromatic N) is 1. The van der Waals surface area contributed by atoms with E-state index in [-0.39, 0.29) is 17.4 Å². The molecule has 1 aromatic rings. The third-order valence-corrected chi connectivity index (χ3v) is 7.30. The van der Waals surface area contributed by atoms with Gasteiger partial charge in [0.15, 0.2) is 0 Å². The number of alkyl halides is 3. The lowest BCUT2D eigenvalue weighted by Gasteiger charge is -2.44. The summed E-state index contributed by atoms with van der Waals surface area (Å²) in [5.74, 6) is -1.54. The summed E-state index contributed by atoms with van der Waals surface area (Å²) in [5.41, 5.74) is 3.78. The first-order valence-electron chi connectivity index (χ1n) is 9.64. The van der Waals surface area contributed by atoms with Crippen LogP contribution in [0.3, 0.4) is 0 Å². The molecule has 0 radical (unpaired) electrons. The van der Waals surface area contributed by atoms with Crippen molar-refractivity contribution in [3.05, 3.63) is 46.5 Å². The van der Waals surface area contributed by atoms with E-state index in [0.29, 0.717) is 11.8 Å². The van der Waals surface area contributed by atoms with Crippen LogP contribution in [0, 0.1) is 35.5 Å². The van der Waals surface area contributed by atoms with Crippen LogP contribution in [0.2, 0.25) is 0 Å². The second-order valence-corrected chi connectivity index (χ2v) is 8.56. The van der Waals surface area contributed by atoms with Crippen LogP contribution >= 0.6 is 0 Å². The summed E-state index contributed by atoms with van der Waals surface area (Å²) in [5, 5.41) is 0.798. The lowest BCUT2D eigenvalue weighted by molar-refractivity contribution is -0.143. The van der Waals surface area contributed by atoms with E-state index in [1.165, 1.54) is 11.1 Å². The highest BCUT2D eigenvalue weighted by Crippen LogP contribution is 2.69. The Hall–Kier alpha value is -2.64. The van der Waals surface area contributed by atoms with Crippen LogP contribution in [0.25, 0.3) is 0 Å². The predicted octanol–water partition coefficient (Wildman–Crippen LogP) is 3.18. The maximum atomic E-state index is 13.0. The Kier molecular flexibility index (Phi) is 3.62. The van der Waals surface area contributed by atoms with Crippen molar-refractivity contribution in [2.75, 3.05) is 0 Å². The summed E-state index contributed by atoms with van der Waals surface area (Å²) in [4.78, 5) is 38.5. The monoisotopic (exact) mass is 404 g/mol. The van der Waals surface area contributed by atoms with Crippen LogP contribution in [-0.2, 0) is 15.8 Å². The second-order valence-electron chi connectivity index (χ2n) is 8.56. The van der Waals surface area contributed by atoms with Gasteiger partial charge in [0.25, 0.3) is 17.7 Å². The molecule has 1 N–H and O–H groups in total. The number of amides is 3.